The summed E-state index contributed by atoms with van der Waals surface area (Å²) in [6.07, 6.45) is 4.24. The van der Waals surface area contributed by atoms with Crippen LogP contribution in [-0.2, 0) is 11.2 Å². The van der Waals surface area contributed by atoms with Crippen LogP contribution in [0.5, 0.6) is 0 Å². The summed E-state index contributed by atoms with van der Waals surface area (Å²) >= 11 is 0. The van der Waals surface area contributed by atoms with Crippen molar-refractivity contribution in [2.45, 2.75) is 20.3 Å². The van der Waals surface area contributed by atoms with Crippen LogP contribution in [0.3, 0.4) is 0 Å². The smallest absolute Gasteiger partial charge is 0.317 e. The highest BCUT2D eigenvalue weighted by Crippen LogP contribution is 2.05. The van der Waals surface area contributed by atoms with Gasteiger partial charge in [0.2, 0.25) is 0 Å². The fourth-order valence-electron chi connectivity index (χ4n) is 1.79. The van der Waals surface area contributed by atoms with Crippen LogP contribution < -0.4 is 5.32 Å². The number of carboxylic acid groups (broad SMARTS) is 1. The molecule has 1 rings (SSSR count). The Morgan fingerprint density at radius 3 is 2.80 bits per heavy atom. The van der Waals surface area contributed by atoms with Gasteiger partial charge in [-0.3, -0.25) is 9.78 Å². The lowest BCUT2D eigenvalue weighted by Gasteiger charge is -2.20. The summed E-state index contributed by atoms with van der Waals surface area (Å²) in [5.74, 6) is -1.48. The van der Waals surface area contributed by atoms with Crippen LogP contribution in [-0.4, -0.2) is 47.1 Å². The second-order valence-corrected chi connectivity index (χ2v) is 4.90. The topological polar surface area (TPSA) is 82.5 Å². The van der Waals surface area contributed by atoms with Crippen LogP contribution in [0.1, 0.15) is 18.1 Å². The zero-order valence-electron chi connectivity index (χ0n) is 12.1. The maximum Gasteiger partial charge on any atom is 0.317 e. The van der Waals surface area contributed by atoms with Gasteiger partial charge in [0, 0.05) is 32.5 Å². The van der Waals surface area contributed by atoms with E-state index in [1.54, 1.807) is 26.4 Å². The number of hydrogen-bond donors (Lipinski definition) is 2. The molecule has 0 spiro atoms. The maximum absolute atomic E-state index is 11.8. The zero-order chi connectivity index (χ0) is 15.1. The van der Waals surface area contributed by atoms with Crippen molar-refractivity contribution in [3.05, 3.63) is 29.6 Å². The van der Waals surface area contributed by atoms with Gasteiger partial charge in [-0.2, -0.15) is 0 Å². The molecule has 1 aromatic heterocycles. The first-order valence-electron chi connectivity index (χ1n) is 6.53. The second kappa shape index (κ2) is 7.47. The third-order valence-electron chi connectivity index (χ3n) is 3.12. The molecule has 1 unspecified atom stereocenters. The molecule has 110 valence electrons. The van der Waals surface area contributed by atoms with Gasteiger partial charge in [-0.1, -0.05) is 6.92 Å². The van der Waals surface area contributed by atoms with E-state index in [2.05, 4.69) is 10.3 Å². The van der Waals surface area contributed by atoms with E-state index in [1.165, 1.54) is 4.90 Å². The van der Waals surface area contributed by atoms with Gasteiger partial charge in [-0.25, -0.2) is 4.79 Å². The Balaban J connectivity index is 2.36. The molecule has 0 saturated heterocycles. The van der Waals surface area contributed by atoms with Crippen LogP contribution in [0.4, 0.5) is 4.79 Å². The first-order chi connectivity index (χ1) is 9.41. The molecule has 0 aliphatic rings. The number of nitrogens with one attached hydrogen (secondary N) is 1. The Bertz CT molecular complexity index is 476. The number of pyridine rings is 1. The molecule has 1 aromatic rings. The van der Waals surface area contributed by atoms with Crippen LogP contribution in [0.15, 0.2) is 18.5 Å². The summed E-state index contributed by atoms with van der Waals surface area (Å²) in [5.41, 5.74) is 2.23. The fourth-order valence-corrected chi connectivity index (χ4v) is 1.79. The van der Waals surface area contributed by atoms with Gasteiger partial charge in [0.25, 0.3) is 0 Å². The van der Waals surface area contributed by atoms with Gasteiger partial charge in [0.1, 0.15) is 0 Å². The number of nitrogens with zero attached hydrogens (tertiary/aromatic N) is 2. The zero-order valence-corrected chi connectivity index (χ0v) is 12.1. The highest BCUT2D eigenvalue weighted by atomic mass is 16.4. The number of aliphatic carboxylic acids is 1. The fraction of sp³-hybridized carbons (Fsp3) is 0.500. The first-order valence-corrected chi connectivity index (χ1v) is 6.53. The van der Waals surface area contributed by atoms with Gasteiger partial charge < -0.3 is 15.3 Å². The quantitative estimate of drug-likeness (QED) is 0.822. The number of carbonyl (C=O) groups excluding carboxylic acids is 1. The number of amides is 2. The van der Waals surface area contributed by atoms with Crippen molar-refractivity contribution in [3.8, 4) is 0 Å². The SMILES string of the molecule is Cc1cnccc1CCNC(=O)N(C)CC(C)C(=O)O. The monoisotopic (exact) mass is 279 g/mol. The molecule has 0 bridgehead atoms. The molecule has 6 nitrogen and oxygen atoms in total. The Kier molecular flexibility index (Phi) is 5.96. The highest BCUT2D eigenvalue weighted by molar-refractivity contribution is 5.75. The summed E-state index contributed by atoms with van der Waals surface area (Å²) in [7, 11) is 1.59. The first kappa shape index (κ1) is 15.9. The predicted octanol–water partition coefficient (Wildman–Crippen LogP) is 1.29. The Hall–Kier alpha value is -2.11. The standard InChI is InChI=1S/C14H21N3O3/c1-10-8-15-6-4-12(10)5-7-16-14(20)17(3)9-11(2)13(18)19/h4,6,8,11H,5,7,9H2,1-3H3,(H,16,20)(H,18,19). The van der Waals surface area contributed by atoms with Crippen molar-refractivity contribution in [1.82, 2.24) is 15.2 Å². The molecule has 0 aliphatic carbocycles. The van der Waals surface area contributed by atoms with E-state index < -0.39 is 11.9 Å². The molecule has 0 fully saturated rings. The molecule has 0 saturated carbocycles. The normalized spacial score (nSPS) is 11.8. The van der Waals surface area contributed by atoms with Crippen molar-refractivity contribution >= 4 is 12.0 Å². The number of rotatable bonds is 6. The Morgan fingerprint density at radius 2 is 2.20 bits per heavy atom. The number of carbonyl (C=O) groups is 2. The number of aromatic nitrogens is 1. The Morgan fingerprint density at radius 1 is 1.50 bits per heavy atom. The van der Waals surface area contributed by atoms with Crippen LogP contribution in [0.25, 0.3) is 0 Å². The van der Waals surface area contributed by atoms with E-state index >= 15 is 0 Å². The summed E-state index contributed by atoms with van der Waals surface area (Å²) in [4.78, 5) is 27.9. The minimum absolute atomic E-state index is 0.190. The summed E-state index contributed by atoms with van der Waals surface area (Å²) in [5, 5.41) is 11.6. The van der Waals surface area contributed by atoms with Gasteiger partial charge in [-0.05, 0) is 30.5 Å². The lowest BCUT2D eigenvalue weighted by molar-refractivity contribution is -0.141. The second-order valence-electron chi connectivity index (χ2n) is 4.90. The lowest BCUT2D eigenvalue weighted by atomic mass is 10.1. The van der Waals surface area contributed by atoms with Gasteiger partial charge >= 0.3 is 12.0 Å². The molecular formula is C14H21N3O3. The molecule has 2 N–H and O–H groups in total. The third kappa shape index (κ3) is 4.87. The minimum atomic E-state index is -0.905. The number of urea groups is 1. The molecule has 2 amide bonds. The molecule has 1 heterocycles. The largest absolute Gasteiger partial charge is 0.481 e. The van der Waals surface area contributed by atoms with E-state index in [9.17, 15) is 9.59 Å². The van der Waals surface area contributed by atoms with Gasteiger partial charge in [0.15, 0.2) is 0 Å². The average Bonchev–Trinajstić information content (AvgIpc) is 2.40. The molecular weight excluding hydrogens is 258 g/mol. The van der Waals surface area contributed by atoms with E-state index in [1.807, 2.05) is 13.0 Å². The summed E-state index contributed by atoms with van der Waals surface area (Å²) in [6.45, 7) is 4.25. The molecule has 0 aromatic carbocycles. The van der Waals surface area contributed by atoms with Crippen molar-refractivity contribution in [2.75, 3.05) is 20.1 Å². The molecule has 0 radical (unpaired) electrons. The molecule has 0 aliphatic heterocycles. The van der Waals surface area contributed by atoms with E-state index in [4.69, 9.17) is 5.11 Å². The van der Waals surface area contributed by atoms with Crippen LogP contribution in [0.2, 0.25) is 0 Å². The van der Waals surface area contributed by atoms with Gasteiger partial charge in [-0.15, -0.1) is 0 Å². The minimum Gasteiger partial charge on any atom is -0.481 e. The van der Waals surface area contributed by atoms with Crippen molar-refractivity contribution in [3.63, 3.8) is 0 Å². The van der Waals surface area contributed by atoms with Crippen LogP contribution >= 0.6 is 0 Å². The van der Waals surface area contributed by atoms with E-state index in [0.717, 1.165) is 17.5 Å². The maximum atomic E-state index is 11.8. The van der Waals surface area contributed by atoms with E-state index in [0.29, 0.717) is 6.54 Å². The molecule has 1 atom stereocenters. The van der Waals surface area contributed by atoms with E-state index in [-0.39, 0.29) is 12.6 Å². The average molecular weight is 279 g/mol. The third-order valence-corrected chi connectivity index (χ3v) is 3.12. The van der Waals surface area contributed by atoms with Gasteiger partial charge in [0.05, 0.1) is 5.92 Å². The predicted molar refractivity (Wildman–Crippen MR) is 75.5 cm³/mol. The highest BCUT2D eigenvalue weighted by Gasteiger charge is 2.16. The summed E-state index contributed by atoms with van der Waals surface area (Å²) in [6, 6.07) is 1.67. The van der Waals surface area contributed by atoms with Crippen molar-refractivity contribution in [2.24, 2.45) is 5.92 Å². The number of hydrogen-bond acceptors (Lipinski definition) is 3. The number of carboxylic acids is 1. The molecule has 6 heteroatoms. The van der Waals surface area contributed by atoms with Crippen molar-refractivity contribution in [1.29, 1.82) is 0 Å². The number of aryl methyl sites for hydroxylation is 1. The van der Waals surface area contributed by atoms with Crippen LogP contribution in [0, 0.1) is 12.8 Å². The Labute approximate surface area is 118 Å². The van der Waals surface area contributed by atoms with Crippen molar-refractivity contribution < 1.29 is 14.7 Å². The summed E-state index contributed by atoms with van der Waals surface area (Å²) < 4.78 is 0. The lowest BCUT2D eigenvalue weighted by Crippen LogP contribution is -2.41. The molecule has 20 heavy (non-hydrogen) atoms.